The standard InChI is InChI=1S/C18H20N4O.HI/c19-18(21-15-9-2-1-3-10-15)20-13-17(23)22-12-6-8-14-7-4-5-11-16(14)22;/h1-5,7,9-11H,6,8,12-13H2,(H3,19,20,21);1H. The number of nitrogens with one attached hydrogen (secondary N) is 1. The summed E-state index contributed by atoms with van der Waals surface area (Å²) in [6, 6.07) is 17.6. The first kappa shape index (κ1) is 18.3. The number of nitrogens with zero attached hydrogens (tertiary/aromatic N) is 2. The molecule has 2 aromatic carbocycles. The number of amides is 1. The van der Waals surface area contributed by atoms with E-state index in [0.717, 1.165) is 30.8 Å². The minimum atomic E-state index is -0.0324. The molecule has 2 aromatic rings. The number of hydrogen-bond donors (Lipinski definition) is 2. The van der Waals surface area contributed by atoms with Crippen LogP contribution in [0.4, 0.5) is 11.4 Å². The lowest BCUT2D eigenvalue weighted by atomic mass is 10.0. The van der Waals surface area contributed by atoms with Crippen LogP contribution in [-0.4, -0.2) is 25.0 Å². The average Bonchev–Trinajstić information content (AvgIpc) is 2.60. The predicted octanol–water partition coefficient (Wildman–Crippen LogP) is 3.01. The Morgan fingerprint density at radius 3 is 2.62 bits per heavy atom. The zero-order chi connectivity index (χ0) is 16.1. The maximum atomic E-state index is 12.5. The minimum Gasteiger partial charge on any atom is -0.370 e. The molecular formula is C18H21IN4O. The SMILES string of the molecule is I.NC(=NCC(=O)N1CCCc2ccccc21)Nc1ccccc1. The molecule has 24 heavy (non-hydrogen) atoms. The van der Waals surface area contributed by atoms with E-state index < -0.39 is 0 Å². The Bertz CT molecular complexity index is 718. The Labute approximate surface area is 159 Å². The zero-order valence-corrected chi connectivity index (χ0v) is 15.6. The van der Waals surface area contributed by atoms with Gasteiger partial charge in [0.25, 0.3) is 0 Å². The van der Waals surface area contributed by atoms with Crippen LogP contribution in [0.2, 0.25) is 0 Å². The molecule has 0 unspecified atom stereocenters. The van der Waals surface area contributed by atoms with Crippen molar-refractivity contribution in [1.29, 1.82) is 0 Å². The highest BCUT2D eigenvalue weighted by atomic mass is 127. The summed E-state index contributed by atoms with van der Waals surface area (Å²) in [5.74, 6) is 0.213. The zero-order valence-electron chi connectivity index (χ0n) is 13.3. The van der Waals surface area contributed by atoms with Gasteiger partial charge >= 0.3 is 0 Å². The van der Waals surface area contributed by atoms with Crippen molar-refractivity contribution in [3.8, 4) is 0 Å². The molecule has 0 spiro atoms. The van der Waals surface area contributed by atoms with E-state index in [-0.39, 0.29) is 42.4 Å². The van der Waals surface area contributed by atoms with Crippen molar-refractivity contribution in [1.82, 2.24) is 0 Å². The van der Waals surface area contributed by atoms with Gasteiger partial charge in [0.05, 0.1) is 0 Å². The van der Waals surface area contributed by atoms with E-state index in [2.05, 4.69) is 16.4 Å². The fourth-order valence-corrected chi connectivity index (χ4v) is 2.74. The maximum absolute atomic E-state index is 12.5. The van der Waals surface area contributed by atoms with Gasteiger partial charge in [0.15, 0.2) is 5.96 Å². The summed E-state index contributed by atoms with van der Waals surface area (Å²) in [6.45, 7) is 0.775. The molecule has 0 radical (unpaired) electrons. The van der Waals surface area contributed by atoms with E-state index in [1.807, 2.05) is 48.5 Å². The molecule has 0 saturated heterocycles. The summed E-state index contributed by atoms with van der Waals surface area (Å²) < 4.78 is 0. The molecule has 0 aliphatic carbocycles. The number of carbonyl (C=O) groups excluding carboxylic acids is 1. The van der Waals surface area contributed by atoms with Crippen molar-refractivity contribution in [2.24, 2.45) is 10.7 Å². The van der Waals surface area contributed by atoms with Crippen molar-refractivity contribution < 1.29 is 4.79 Å². The molecule has 5 nitrogen and oxygen atoms in total. The van der Waals surface area contributed by atoms with Gasteiger partial charge in [-0.1, -0.05) is 36.4 Å². The first-order valence-electron chi connectivity index (χ1n) is 7.74. The van der Waals surface area contributed by atoms with E-state index in [1.54, 1.807) is 4.90 Å². The van der Waals surface area contributed by atoms with Crippen molar-refractivity contribution in [2.45, 2.75) is 12.8 Å². The fourth-order valence-electron chi connectivity index (χ4n) is 2.74. The lowest BCUT2D eigenvalue weighted by Crippen LogP contribution is -2.37. The van der Waals surface area contributed by atoms with Crippen molar-refractivity contribution in [2.75, 3.05) is 23.3 Å². The van der Waals surface area contributed by atoms with Gasteiger partial charge in [0.1, 0.15) is 6.54 Å². The Morgan fingerprint density at radius 2 is 1.83 bits per heavy atom. The predicted molar refractivity (Wildman–Crippen MR) is 109 cm³/mol. The second-order valence-corrected chi connectivity index (χ2v) is 5.47. The van der Waals surface area contributed by atoms with Crippen LogP contribution >= 0.6 is 24.0 Å². The number of fused-ring (bicyclic) bond motifs is 1. The van der Waals surface area contributed by atoms with E-state index in [9.17, 15) is 4.79 Å². The number of nitrogens with two attached hydrogens (primary N) is 1. The highest BCUT2D eigenvalue weighted by Gasteiger charge is 2.21. The summed E-state index contributed by atoms with van der Waals surface area (Å²) in [4.78, 5) is 18.4. The van der Waals surface area contributed by atoms with Gasteiger partial charge in [-0.3, -0.25) is 4.79 Å². The average molecular weight is 436 g/mol. The first-order valence-corrected chi connectivity index (χ1v) is 7.74. The van der Waals surface area contributed by atoms with Crippen LogP contribution in [0, 0.1) is 0 Å². The van der Waals surface area contributed by atoms with E-state index in [1.165, 1.54) is 5.56 Å². The van der Waals surface area contributed by atoms with Crippen molar-refractivity contribution >= 4 is 47.2 Å². The number of halogens is 1. The molecule has 3 rings (SSSR count). The smallest absolute Gasteiger partial charge is 0.248 e. The van der Waals surface area contributed by atoms with Gasteiger partial charge in [-0.15, -0.1) is 24.0 Å². The van der Waals surface area contributed by atoms with Gasteiger partial charge in [-0.2, -0.15) is 0 Å². The van der Waals surface area contributed by atoms with Gasteiger partial charge < -0.3 is 16.0 Å². The van der Waals surface area contributed by atoms with Crippen molar-refractivity contribution in [3.63, 3.8) is 0 Å². The van der Waals surface area contributed by atoms with Gasteiger partial charge in [-0.25, -0.2) is 4.99 Å². The van der Waals surface area contributed by atoms with E-state index in [0.29, 0.717) is 0 Å². The van der Waals surface area contributed by atoms with Gasteiger partial charge in [-0.05, 0) is 36.6 Å². The van der Waals surface area contributed by atoms with Gasteiger partial charge in [0, 0.05) is 17.9 Å². The molecule has 6 heteroatoms. The number of anilines is 2. The van der Waals surface area contributed by atoms with Crippen LogP contribution in [0.1, 0.15) is 12.0 Å². The van der Waals surface area contributed by atoms with Crippen LogP contribution in [0.25, 0.3) is 0 Å². The van der Waals surface area contributed by atoms with Gasteiger partial charge in [0.2, 0.25) is 5.91 Å². The highest BCUT2D eigenvalue weighted by molar-refractivity contribution is 14.0. The summed E-state index contributed by atoms with van der Waals surface area (Å²) >= 11 is 0. The molecule has 0 atom stereocenters. The Hall–Kier alpha value is -2.09. The van der Waals surface area contributed by atoms with Crippen LogP contribution in [0.15, 0.2) is 59.6 Å². The topological polar surface area (TPSA) is 70.7 Å². The number of aliphatic imine (C=N–C) groups is 1. The number of hydrogen-bond acceptors (Lipinski definition) is 2. The molecule has 0 fully saturated rings. The third-order valence-corrected chi connectivity index (χ3v) is 3.84. The van der Waals surface area contributed by atoms with E-state index >= 15 is 0 Å². The van der Waals surface area contributed by atoms with Crippen LogP contribution in [0.5, 0.6) is 0 Å². The van der Waals surface area contributed by atoms with Crippen LogP contribution < -0.4 is 16.0 Å². The molecule has 1 aliphatic heterocycles. The molecule has 1 aliphatic rings. The first-order chi connectivity index (χ1) is 11.2. The number of rotatable bonds is 3. The number of carbonyl (C=O) groups is 1. The molecule has 3 N–H and O–H groups in total. The minimum absolute atomic E-state index is 0. The second kappa shape index (κ2) is 8.68. The number of guanidine groups is 1. The fraction of sp³-hybridized carbons (Fsp3) is 0.222. The molecule has 0 saturated carbocycles. The summed E-state index contributed by atoms with van der Waals surface area (Å²) in [7, 11) is 0. The second-order valence-electron chi connectivity index (χ2n) is 5.47. The summed E-state index contributed by atoms with van der Waals surface area (Å²) in [6.07, 6.45) is 1.99. The number of benzene rings is 2. The number of aryl methyl sites for hydroxylation is 1. The maximum Gasteiger partial charge on any atom is 0.248 e. The number of para-hydroxylation sites is 2. The summed E-state index contributed by atoms with van der Waals surface area (Å²) in [5.41, 5.74) is 8.91. The molecule has 0 aromatic heterocycles. The molecule has 126 valence electrons. The third kappa shape index (κ3) is 4.47. The van der Waals surface area contributed by atoms with Crippen molar-refractivity contribution in [3.05, 3.63) is 60.2 Å². The Kier molecular flexibility index (Phi) is 6.60. The molecular weight excluding hydrogens is 415 g/mol. The normalized spacial score (nSPS) is 13.7. The quantitative estimate of drug-likeness (QED) is 0.442. The third-order valence-electron chi connectivity index (χ3n) is 3.84. The Balaban J connectivity index is 0.00000208. The lowest BCUT2D eigenvalue weighted by molar-refractivity contribution is -0.117. The molecule has 0 bridgehead atoms. The highest BCUT2D eigenvalue weighted by Crippen LogP contribution is 2.26. The summed E-state index contributed by atoms with van der Waals surface area (Å²) in [5, 5.41) is 2.98. The molecule has 1 amide bonds. The van der Waals surface area contributed by atoms with Crippen LogP contribution in [-0.2, 0) is 11.2 Å². The lowest BCUT2D eigenvalue weighted by Gasteiger charge is -2.29. The Morgan fingerprint density at radius 1 is 1.12 bits per heavy atom. The monoisotopic (exact) mass is 436 g/mol. The van der Waals surface area contributed by atoms with E-state index in [4.69, 9.17) is 5.73 Å². The largest absolute Gasteiger partial charge is 0.370 e. The molecule has 1 heterocycles. The van der Waals surface area contributed by atoms with Crippen LogP contribution in [0.3, 0.4) is 0 Å².